The van der Waals surface area contributed by atoms with Gasteiger partial charge in [0.1, 0.15) is 10.1 Å². The first kappa shape index (κ1) is 16.8. The Morgan fingerprint density at radius 3 is 2.12 bits per heavy atom. The van der Waals surface area contributed by atoms with Crippen LogP contribution in [0.15, 0.2) is 0 Å². The molecule has 0 amide bonds. The maximum absolute atomic E-state index is 10.7. The molecule has 2 unspecified atom stereocenters. The van der Waals surface area contributed by atoms with E-state index in [0.29, 0.717) is 6.42 Å². The van der Waals surface area contributed by atoms with E-state index in [1.807, 2.05) is 13.8 Å². The van der Waals surface area contributed by atoms with Crippen LogP contribution in [0, 0.1) is 5.92 Å². The molecule has 2 atom stereocenters. The Labute approximate surface area is 101 Å². The van der Waals surface area contributed by atoms with Crippen molar-refractivity contribution in [2.75, 3.05) is 19.8 Å². The topological polar surface area (TPSA) is 121 Å². The van der Waals surface area contributed by atoms with Crippen LogP contribution < -0.4 is 0 Å². The highest BCUT2D eigenvalue weighted by molar-refractivity contribution is 7.86. The predicted molar refractivity (Wildman–Crippen MR) is 59.8 cm³/mol. The molecule has 0 bridgehead atoms. The van der Waals surface area contributed by atoms with Gasteiger partial charge in [0.15, 0.2) is 5.56 Å². The van der Waals surface area contributed by atoms with Gasteiger partial charge in [0, 0.05) is 12.6 Å². The maximum Gasteiger partial charge on any atom is 0.200 e. The fourth-order valence-electron chi connectivity index (χ4n) is 1.61. The van der Waals surface area contributed by atoms with Crippen molar-refractivity contribution in [2.45, 2.75) is 31.9 Å². The van der Waals surface area contributed by atoms with Crippen LogP contribution in [0.2, 0.25) is 0 Å². The second kappa shape index (κ2) is 7.24. The molecule has 7 nitrogen and oxygen atoms in total. The van der Waals surface area contributed by atoms with Crippen molar-refractivity contribution in [2.24, 2.45) is 5.92 Å². The lowest BCUT2D eigenvalue weighted by Crippen LogP contribution is -2.50. The van der Waals surface area contributed by atoms with Gasteiger partial charge in [0.05, 0.1) is 13.2 Å². The molecule has 0 rings (SSSR count). The zero-order valence-corrected chi connectivity index (χ0v) is 10.8. The quantitative estimate of drug-likeness (QED) is 0.363. The summed E-state index contributed by atoms with van der Waals surface area (Å²) in [5.74, 6) is 0.148. The summed E-state index contributed by atoms with van der Waals surface area (Å²) in [4.78, 5) is 0.905. The summed E-state index contributed by atoms with van der Waals surface area (Å²) in [6.07, 6.45) is 0.406. The van der Waals surface area contributed by atoms with Gasteiger partial charge in [-0.3, -0.25) is 4.90 Å². The summed E-state index contributed by atoms with van der Waals surface area (Å²) in [6, 6.07) is -0.680. The van der Waals surface area contributed by atoms with Crippen LogP contribution in [-0.4, -0.2) is 64.6 Å². The lowest BCUT2D eigenvalue weighted by molar-refractivity contribution is -0.0104. The first-order valence-electron chi connectivity index (χ1n) is 5.34. The average molecular weight is 270 g/mol. The summed E-state index contributed by atoms with van der Waals surface area (Å²) in [5.41, 5.74) is -2.24. The molecule has 0 aromatic heterocycles. The van der Waals surface area contributed by atoms with E-state index in [9.17, 15) is 18.1 Å². The van der Waals surface area contributed by atoms with Crippen LogP contribution in [0.3, 0.4) is 0 Å². The van der Waals surface area contributed by atoms with Crippen molar-refractivity contribution in [1.29, 1.82) is 0 Å². The zero-order chi connectivity index (χ0) is 13.6. The highest BCUT2D eigenvalue weighted by Gasteiger charge is 2.28. The zero-order valence-electron chi connectivity index (χ0n) is 9.98. The molecule has 0 aliphatic heterocycles. The van der Waals surface area contributed by atoms with Gasteiger partial charge in [-0.05, 0) is 12.3 Å². The molecule has 104 valence electrons. The first-order valence-corrected chi connectivity index (χ1v) is 6.81. The van der Waals surface area contributed by atoms with Gasteiger partial charge in [-0.1, -0.05) is 13.8 Å². The lowest BCUT2D eigenvalue weighted by atomic mass is 10.0. The van der Waals surface area contributed by atoms with Crippen molar-refractivity contribution in [3.8, 4) is 0 Å². The van der Waals surface area contributed by atoms with Gasteiger partial charge in [0.25, 0.3) is 0 Å². The van der Waals surface area contributed by atoms with Crippen molar-refractivity contribution in [3.05, 3.63) is 0 Å². The number of hydrogen-bond donors (Lipinski definition) is 3. The standard InChI is InChI=1S/C9H21NO6S/c1-7(2)5-8(6-12)10(3-4-11)9(13)17(14,15)16/h7-9,11-13H,3-6H2,1-2H3,(H,14,15,16)/p-1. The van der Waals surface area contributed by atoms with Crippen molar-refractivity contribution >= 4 is 10.1 Å². The van der Waals surface area contributed by atoms with E-state index < -0.39 is 34.9 Å². The van der Waals surface area contributed by atoms with E-state index >= 15 is 0 Å². The monoisotopic (exact) mass is 270 g/mol. The number of aliphatic hydroxyl groups is 3. The third-order valence-corrected chi connectivity index (χ3v) is 3.11. The largest absolute Gasteiger partial charge is 0.745 e. The fraction of sp³-hybridized carbons (Fsp3) is 1.00. The molecule has 8 heteroatoms. The summed E-state index contributed by atoms with van der Waals surface area (Å²) in [5, 5.41) is 27.3. The molecule has 0 saturated heterocycles. The molecule has 0 spiro atoms. The van der Waals surface area contributed by atoms with Crippen LogP contribution >= 0.6 is 0 Å². The molecule has 0 fully saturated rings. The summed E-state index contributed by atoms with van der Waals surface area (Å²) >= 11 is 0. The highest BCUT2D eigenvalue weighted by Crippen LogP contribution is 2.15. The molecular weight excluding hydrogens is 250 g/mol. The van der Waals surface area contributed by atoms with E-state index in [0.717, 1.165) is 4.90 Å². The third kappa shape index (κ3) is 5.75. The fourth-order valence-corrected chi connectivity index (χ4v) is 2.22. The molecule has 17 heavy (non-hydrogen) atoms. The van der Waals surface area contributed by atoms with Crippen molar-refractivity contribution in [3.63, 3.8) is 0 Å². The van der Waals surface area contributed by atoms with E-state index in [-0.39, 0.29) is 12.5 Å². The Morgan fingerprint density at radius 2 is 1.82 bits per heavy atom. The van der Waals surface area contributed by atoms with Gasteiger partial charge in [-0.25, -0.2) is 8.42 Å². The third-order valence-electron chi connectivity index (χ3n) is 2.32. The molecule has 0 radical (unpaired) electrons. The predicted octanol–water partition coefficient (Wildman–Crippen LogP) is -1.49. The number of nitrogens with zero attached hydrogens (tertiary/aromatic N) is 1. The van der Waals surface area contributed by atoms with E-state index in [1.54, 1.807) is 0 Å². The van der Waals surface area contributed by atoms with Crippen LogP contribution in [0.5, 0.6) is 0 Å². The minimum atomic E-state index is -4.91. The molecule has 3 N–H and O–H groups in total. The molecule has 0 aliphatic carbocycles. The number of aliphatic hydroxyl groups excluding tert-OH is 3. The molecule has 0 heterocycles. The van der Waals surface area contributed by atoms with Crippen LogP contribution in [0.25, 0.3) is 0 Å². The Hall–Kier alpha value is -0.250. The Morgan fingerprint density at radius 1 is 1.29 bits per heavy atom. The number of hydrogen-bond acceptors (Lipinski definition) is 7. The Bertz CT molecular complexity index is 305. The number of rotatable bonds is 8. The van der Waals surface area contributed by atoms with Gasteiger partial charge in [-0.15, -0.1) is 0 Å². The minimum Gasteiger partial charge on any atom is -0.745 e. The molecule has 0 saturated carbocycles. The van der Waals surface area contributed by atoms with Gasteiger partial charge in [0.2, 0.25) is 0 Å². The molecule has 0 aromatic carbocycles. The van der Waals surface area contributed by atoms with Crippen LogP contribution in [0.1, 0.15) is 20.3 Å². The molecule has 0 aromatic rings. The SMILES string of the molecule is CC(C)CC(CO)N(CCO)C(O)S(=O)(=O)[O-]. The van der Waals surface area contributed by atoms with E-state index in [2.05, 4.69) is 0 Å². The highest BCUT2D eigenvalue weighted by atomic mass is 32.2. The second-order valence-electron chi connectivity index (χ2n) is 4.25. The smallest absolute Gasteiger partial charge is 0.200 e. The normalized spacial score (nSPS) is 16.5. The van der Waals surface area contributed by atoms with Gasteiger partial charge >= 0.3 is 0 Å². The Kier molecular flexibility index (Phi) is 7.14. The Balaban J connectivity index is 4.91. The second-order valence-corrected chi connectivity index (χ2v) is 5.65. The maximum atomic E-state index is 10.7. The molecule has 0 aliphatic rings. The van der Waals surface area contributed by atoms with Gasteiger partial charge < -0.3 is 19.9 Å². The van der Waals surface area contributed by atoms with Crippen LogP contribution in [0.4, 0.5) is 0 Å². The molecular formula is C9H20NO6S-. The average Bonchev–Trinajstić information content (AvgIpc) is 2.20. The van der Waals surface area contributed by atoms with E-state index in [4.69, 9.17) is 10.2 Å². The summed E-state index contributed by atoms with van der Waals surface area (Å²) in [7, 11) is -4.91. The summed E-state index contributed by atoms with van der Waals surface area (Å²) in [6.45, 7) is 2.71. The van der Waals surface area contributed by atoms with E-state index in [1.165, 1.54) is 0 Å². The minimum absolute atomic E-state index is 0.148. The van der Waals surface area contributed by atoms with Crippen molar-refractivity contribution < 1.29 is 28.3 Å². The summed E-state index contributed by atoms with van der Waals surface area (Å²) < 4.78 is 32.2. The van der Waals surface area contributed by atoms with Crippen molar-refractivity contribution in [1.82, 2.24) is 4.90 Å². The van der Waals surface area contributed by atoms with Gasteiger partial charge in [-0.2, -0.15) is 0 Å². The lowest BCUT2D eigenvalue weighted by Gasteiger charge is -2.35. The van der Waals surface area contributed by atoms with Crippen LogP contribution in [-0.2, 0) is 10.1 Å². The first-order chi connectivity index (χ1) is 7.73.